The van der Waals surface area contributed by atoms with Crippen LogP contribution in [0.3, 0.4) is 0 Å². The van der Waals surface area contributed by atoms with Gasteiger partial charge >= 0.3 is 6.18 Å². The lowest BCUT2D eigenvalue weighted by Crippen LogP contribution is -2.53. The summed E-state index contributed by atoms with van der Waals surface area (Å²) in [5, 5.41) is 1.94. The minimum absolute atomic E-state index is 0.0882. The highest BCUT2D eigenvalue weighted by atomic mass is 79.9. The maximum atomic E-state index is 14.3. The van der Waals surface area contributed by atoms with Crippen LogP contribution in [0.15, 0.2) is 112 Å². The van der Waals surface area contributed by atoms with Gasteiger partial charge < -0.3 is 10.2 Å². The first-order chi connectivity index (χ1) is 21.3. The number of hydrogen-bond donors (Lipinski definition) is 1. The van der Waals surface area contributed by atoms with E-state index in [4.69, 9.17) is 11.6 Å². The molecule has 236 valence electrons. The summed E-state index contributed by atoms with van der Waals surface area (Å²) < 4.78 is 70.7. The molecule has 0 heterocycles. The molecule has 45 heavy (non-hydrogen) atoms. The third-order valence-corrected chi connectivity index (χ3v) is 9.52. The van der Waals surface area contributed by atoms with Gasteiger partial charge in [-0.3, -0.25) is 13.9 Å². The lowest BCUT2D eigenvalue weighted by Gasteiger charge is -2.33. The number of anilines is 1. The van der Waals surface area contributed by atoms with Gasteiger partial charge in [-0.25, -0.2) is 8.42 Å². The highest BCUT2D eigenvalue weighted by molar-refractivity contribution is 9.10. The van der Waals surface area contributed by atoms with Crippen molar-refractivity contribution in [1.82, 2.24) is 10.2 Å². The zero-order valence-corrected chi connectivity index (χ0v) is 27.0. The first kappa shape index (κ1) is 34.0. The summed E-state index contributed by atoms with van der Waals surface area (Å²) in [5.41, 5.74) is -0.325. The third kappa shape index (κ3) is 8.44. The second-order valence-electron chi connectivity index (χ2n) is 9.96. The van der Waals surface area contributed by atoms with E-state index in [1.165, 1.54) is 36.2 Å². The average molecular weight is 723 g/mol. The summed E-state index contributed by atoms with van der Waals surface area (Å²) in [7, 11) is -3.16. The van der Waals surface area contributed by atoms with Crippen molar-refractivity contribution in [2.24, 2.45) is 0 Å². The van der Waals surface area contributed by atoms with Crippen LogP contribution in [0.4, 0.5) is 18.9 Å². The molecule has 4 aromatic carbocycles. The van der Waals surface area contributed by atoms with Crippen LogP contribution < -0.4 is 9.62 Å². The Morgan fingerprint density at radius 3 is 2.11 bits per heavy atom. The van der Waals surface area contributed by atoms with Gasteiger partial charge in [0.15, 0.2) is 0 Å². The Hall–Kier alpha value is -3.87. The van der Waals surface area contributed by atoms with Gasteiger partial charge in [-0.05, 0) is 53.6 Å². The fourth-order valence-electron chi connectivity index (χ4n) is 4.69. The fourth-order valence-corrected chi connectivity index (χ4v) is 6.79. The van der Waals surface area contributed by atoms with E-state index in [1.54, 1.807) is 60.7 Å². The summed E-state index contributed by atoms with van der Waals surface area (Å²) in [4.78, 5) is 28.6. The lowest BCUT2D eigenvalue weighted by atomic mass is 10.0. The number of carbonyl (C=O) groups is 2. The maximum Gasteiger partial charge on any atom is 0.417 e. The van der Waals surface area contributed by atoms with Crippen molar-refractivity contribution >= 4 is 55.1 Å². The Morgan fingerprint density at radius 1 is 0.889 bits per heavy atom. The van der Waals surface area contributed by atoms with Crippen LogP contribution in [0.1, 0.15) is 16.7 Å². The molecule has 0 saturated heterocycles. The van der Waals surface area contributed by atoms with Crippen LogP contribution in [0.25, 0.3) is 0 Å². The van der Waals surface area contributed by atoms with Crippen molar-refractivity contribution in [3.8, 4) is 0 Å². The Kier molecular flexibility index (Phi) is 10.9. The summed E-state index contributed by atoms with van der Waals surface area (Å²) in [5.74, 6) is -1.33. The molecule has 0 aliphatic rings. The van der Waals surface area contributed by atoms with Crippen molar-refractivity contribution in [3.63, 3.8) is 0 Å². The fraction of sp³-hybridized carbons (Fsp3) is 0.188. The molecule has 0 aliphatic heterocycles. The Morgan fingerprint density at radius 2 is 1.51 bits per heavy atom. The molecule has 13 heteroatoms. The highest BCUT2D eigenvalue weighted by Crippen LogP contribution is 2.38. The van der Waals surface area contributed by atoms with E-state index in [1.807, 2.05) is 0 Å². The Bertz CT molecular complexity index is 1760. The SMILES string of the molecule is CNC(=O)[C@@H](Cc1ccccc1)N(Cc1cccc(Br)c1)C(=O)CN(c1ccc(Cl)c(C(F)(F)F)c1)S(=O)(=O)c1ccccc1. The monoisotopic (exact) mass is 721 g/mol. The largest absolute Gasteiger partial charge is 0.417 e. The van der Waals surface area contributed by atoms with Gasteiger partial charge in [-0.2, -0.15) is 13.2 Å². The van der Waals surface area contributed by atoms with Crippen LogP contribution in [-0.2, 0) is 38.8 Å². The molecule has 1 N–H and O–H groups in total. The number of likely N-dealkylation sites (N-methyl/N-ethyl adjacent to an activating group) is 1. The quantitative estimate of drug-likeness (QED) is 0.187. The standard InChI is InChI=1S/C32H28BrClF3N3O4S/c1-38-31(42)29(18-22-9-4-2-5-10-22)39(20-23-11-8-12-24(33)17-23)30(41)21-40(45(43,44)26-13-6-3-7-14-26)25-15-16-28(34)27(19-25)32(35,36)37/h2-17,19,29H,18,20-21H2,1H3,(H,38,42)/t29-/m1/s1. The maximum absolute atomic E-state index is 14.3. The lowest BCUT2D eigenvalue weighted by molar-refractivity contribution is -0.139. The Balaban J connectivity index is 1.84. The van der Waals surface area contributed by atoms with E-state index >= 15 is 0 Å². The zero-order chi connectivity index (χ0) is 32.8. The van der Waals surface area contributed by atoms with Crippen LogP contribution in [-0.4, -0.2) is 44.8 Å². The van der Waals surface area contributed by atoms with E-state index in [2.05, 4.69) is 21.2 Å². The number of halogens is 5. The van der Waals surface area contributed by atoms with Crippen LogP contribution >= 0.6 is 27.5 Å². The number of alkyl halides is 3. The average Bonchev–Trinajstić information content (AvgIpc) is 3.01. The van der Waals surface area contributed by atoms with E-state index in [0.29, 0.717) is 20.4 Å². The van der Waals surface area contributed by atoms with Crippen molar-refractivity contribution in [3.05, 3.63) is 129 Å². The molecule has 4 aromatic rings. The number of hydrogen-bond acceptors (Lipinski definition) is 4. The molecule has 0 saturated carbocycles. The molecule has 0 bridgehead atoms. The summed E-state index contributed by atoms with van der Waals surface area (Å²) in [6.07, 6.45) is -4.81. The molecular formula is C32H28BrClF3N3O4S. The number of amides is 2. The number of nitrogens with one attached hydrogen (secondary N) is 1. The number of carbonyl (C=O) groups excluding carboxylic acids is 2. The molecule has 2 amide bonds. The van der Waals surface area contributed by atoms with Crippen molar-refractivity contribution in [2.75, 3.05) is 17.9 Å². The predicted octanol–water partition coefficient (Wildman–Crippen LogP) is 6.70. The third-order valence-electron chi connectivity index (χ3n) is 6.91. The second kappa shape index (κ2) is 14.5. The summed E-state index contributed by atoms with van der Waals surface area (Å²) in [6.45, 7) is -1.01. The van der Waals surface area contributed by atoms with Crippen molar-refractivity contribution in [1.29, 1.82) is 0 Å². The van der Waals surface area contributed by atoms with Gasteiger partial charge in [0.05, 0.1) is 21.2 Å². The minimum atomic E-state index is -4.90. The van der Waals surface area contributed by atoms with Gasteiger partial charge in [0.2, 0.25) is 11.8 Å². The van der Waals surface area contributed by atoms with Crippen LogP contribution in [0.2, 0.25) is 5.02 Å². The van der Waals surface area contributed by atoms with Crippen LogP contribution in [0, 0.1) is 0 Å². The van der Waals surface area contributed by atoms with Crippen LogP contribution in [0.5, 0.6) is 0 Å². The molecule has 0 spiro atoms. The number of benzene rings is 4. The molecule has 0 unspecified atom stereocenters. The predicted molar refractivity (Wildman–Crippen MR) is 170 cm³/mol. The van der Waals surface area contributed by atoms with E-state index in [9.17, 15) is 31.2 Å². The molecule has 4 rings (SSSR count). The molecular weight excluding hydrogens is 695 g/mol. The van der Waals surface area contributed by atoms with Gasteiger partial charge in [0, 0.05) is 24.5 Å². The molecule has 1 atom stereocenters. The van der Waals surface area contributed by atoms with Gasteiger partial charge in [-0.1, -0.05) is 88.2 Å². The molecule has 0 aliphatic carbocycles. The van der Waals surface area contributed by atoms with Gasteiger partial charge in [-0.15, -0.1) is 0 Å². The number of sulfonamides is 1. The summed E-state index contributed by atoms with van der Waals surface area (Å²) >= 11 is 9.23. The Labute approximate surface area is 272 Å². The second-order valence-corrected chi connectivity index (χ2v) is 13.1. The summed E-state index contributed by atoms with van der Waals surface area (Å²) in [6, 6.07) is 24.5. The van der Waals surface area contributed by atoms with Crippen molar-refractivity contribution < 1.29 is 31.2 Å². The molecule has 7 nitrogen and oxygen atoms in total. The van der Waals surface area contributed by atoms with Gasteiger partial charge in [0.1, 0.15) is 12.6 Å². The molecule has 0 fully saturated rings. The van der Waals surface area contributed by atoms with E-state index < -0.39 is 56.9 Å². The van der Waals surface area contributed by atoms with E-state index in [0.717, 1.165) is 17.7 Å². The zero-order valence-electron chi connectivity index (χ0n) is 23.8. The smallest absolute Gasteiger partial charge is 0.357 e. The number of rotatable bonds is 11. The van der Waals surface area contributed by atoms with E-state index in [-0.39, 0.29) is 17.9 Å². The molecule has 0 radical (unpaired) electrons. The minimum Gasteiger partial charge on any atom is -0.357 e. The first-order valence-corrected chi connectivity index (χ1v) is 16.2. The van der Waals surface area contributed by atoms with Crippen molar-refractivity contribution in [2.45, 2.75) is 30.1 Å². The highest BCUT2D eigenvalue weighted by Gasteiger charge is 2.37. The number of nitrogens with zero attached hydrogens (tertiary/aromatic N) is 2. The first-order valence-electron chi connectivity index (χ1n) is 13.5. The topological polar surface area (TPSA) is 86.8 Å². The molecule has 0 aromatic heterocycles. The van der Waals surface area contributed by atoms with Gasteiger partial charge in [0.25, 0.3) is 10.0 Å². The normalized spacial score (nSPS) is 12.3.